The zero-order valence-corrected chi connectivity index (χ0v) is 18.4. The number of allylic oxidation sites excluding steroid dienone is 2. The van der Waals surface area contributed by atoms with Gasteiger partial charge in [0, 0.05) is 35.0 Å². The predicted molar refractivity (Wildman–Crippen MR) is 132 cm³/mol. The first-order valence-electron chi connectivity index (χ1n) is 10.7. The molecule has 1 aliphatic heterocycles. The molecule has 152 valence electrons. The number of aryl methyl sites for hydroxylation is 1. The van der Waals surface area contributed by atoms with Crippen LogP contribution in [0.1, 0.15) is 18.2 Å². The zero-order valence-electron chi connectivity index (χ0n) is 17.6. The molecule has 0 amide bonds. The van der Waals surface area contributed by atoms with Crippen LogP contribution in [-0.2, 0) is 13.1 Å². The second-order valence-corrected chi connectivity index (χ2v) is 8.63. The summed E-state index contributed by atoms with van der Waals surface area (Å²) in [4.78, 5) is 3.72. The minimum atomic E-state index is 0.870. The number of anilines is 1. The van der Waals surface area contributed by atoms with E-state index < -0.39 is 0 Å². The normalized spacial score (nSPS) is 14.6. The number of nitrogens with zero attached hydrogens (tertiary/aromatic N) is 2. The highest BCUT2D eigenvalue weighted by molar-refractivity contribution is 8.03. The highest BCUT2D eigenvalue weighted by Gasteiger charge is 2.24. The van der Waals surface area contributed by atoms with Crippen LogP contribution >= 0.6 is 11.8 Å². The summed E-state index contributed by atoms with van der Waals surface area (Å²) in [6.45, 7) is 4.01. The van der Waals surface area contributed by atoms with Gasteiger partial charge in [-0.25, -0.2) is 0 Å². The minimum Gasteiger partial charge on any atom is -0.331 e. The van der Waals surface area contributed by atoms with Crippen LogP contribution in [-0.4, -0.2) is 0 Å². The SMILES string of the molecule is CC[n+]1c(C=CC=C2Sc3ccccc3N2Cc2ccccc2)ccc2ccccc21. The Bertz CT molecular complexity index is 1270. The molecule has 3 aromatic carbocycles. The molecular weight excluding hydrogens is 396 g/mol. The standard InChI is InChI=1S/C28H25N2S/c1-2-29-24(20-19-23-13-6-7-15-25(23)29)14-10-18-28-30(21-22-11-4-3-5-12-22)26-16-8-9-17-27(26)31-28/h3-20H,2,21H2,1H3/q+1. The maximum absolute atomic E-state index is 2.41. The van der Waals surface area contributed by atoms with Crippen LogP contribution in [0.4, 0.5) is 5.69 Å². The van der Waals surface area contributed by atoms with Gasteiger partial charge in [-0.3, -0.25) is 0 Å². The predicted octanol–water partition coefficient (Wildman–Crippen LogP) is 6.81. The summed E-state index contributed by atoms with van der Waals surface area (Å²) < 4.78 is 2.36. The zero-order chi connectivity index (χ0) is 21.0. The fraction of sp³-hybridized carbons (Fsp3) is 0.107. The Hall–Kier alpha value is -3.30. The lowest BCUT2D eigenvalue weighted by Crippen LogP contribution is -2.36. The van der Waals surface area contributed by atoms with Gasteiger partial charge in [0.05, 0.1) is 10.7 Å². The van der Waals surface area contributed by atoms with E-state index in [-0.39, 0.29) is 0 Å². The molecule has 31 heavy (non-hydrogen) atoms. The van der Waals surface area contributed by atoms with Crippen molar-refractivity contribution < 1.29 is 4.57 Å². The molecule has 0 N–H and O–H groups in total. The topological polar surface area (TPSA) is 7.12 Å². The van der Waals surface area contributed by atoms with Crippen molar-refractivity contribution >= 4 is 34.4 Å². The summed E-state index contributed by atoms with van der Waals surface area (Å²) in [6, 6.07) is 32.3. The highest BCUT2D eigenvalue weighted by atomic mass is 32.2. The quantitative estimate of drug-likeness (QED) is 0.327. The average Bonchev–Trinajstić information content (AvgIpc) is 3.16. The Morgan fingerprint density at radius 2 is 1.61 bits per heavy atom. The summed E-state index contributed by atoms with van der Waals surface area (Å²) in [5.74, 6) is 0. The van der Waals surface area contributed by atoms with E-state index >= 15 is 0 Å². The molecule has 1 aromatic heterocycles. The molecule has 0 spiro atoms. The number of para-hydroxylation sites is 2. The van der Waals surface area contributed by atoms with Crippen LogP contribution in [0, 0.1) is 0 Å². The first-order chi connectivity index (χ1) is 15.3. The lowest BCUT2D eigenvalue weighted by atomic mass is 10.1. The second kappa shape index (κ2) is 8.83. The van der Waals surface area contributed by atoms with Crippen molar-refractivity contribution in [2.45, 2.75) is 24.9 Å². The van der Waals surface area contributed by atoms with Gasteiger partial charge < -0.3 is 4.90 Å². The van der Waals surface area contributed by atoms with Gasteiger partial charge in [-0.2, -0.15) is 4.57 Å². The number of hydrogen-bond donors (Lipinski definition) is 0. The molecule has 1 aliphatic rings. The van der Waals surface area contributed by atoms with Gasteiger partial charge in [-0.1, -0.05) is 72.4 Å². The number of rotatable bonds is 5. The minimum absolute atomic E-state index is 0.870. The Morgan fingerprint density at radius 1 is 0.839 bits per heavy atom. The summed E-state index contributed by atoms with van der Waals surface area (Å²) in [5.41, 5.74) is 5.08. The number of aromatic nitrogens is 1. The molecular formula is C28H25N2S+. The molecule has 0 radical (unpaired) electrons. The van der Waals surface area contributed by atoms with Crippen molar-refractivity contribution in [3.63, 3.8) is 0 Å². The number of benzene rings is 3. The van der Waals surface area contributed by atoms with E-state index in [9.17, 15) is 0 Å². The van der Waals surface area contributed by atoms with Gasteiger partial charge >= 0.3 is 0 Å². The molecule has 2 nitrogen and oxygen atoms in total. The first kappa shape index (κ1) is 19.7. The Balaban J connectivity index is 1.47. The number of thioether (sulfide) groups is 1. The fourth-order valence-electron chi connectivity index (χ4n) is 4.11. The Labute approximate surface area is 188 Å². The van der Waals surface area contributed by atoms with Crippen LogP contribution in [0.3, 0.4) is 0 Å². The monoisotopic (exact) mass is 421 g/mol. The molecule has 0 saturated heterocycles. The fourth-order valence-corrected chi connectivity index (χ4v) is 5.19. The largest absolute Gasteiger partial charge is 0.331 e. The molecule has 0 saturated carbocycles. The molecule has 0 aliphatic carbocycles. The van der Waals surface area contributed by atoms with Crippen molar-refractivity contribution in [3.05, 3.63) is 119 Å². The summed E-state index contributed by atoms with van der Waals surface area (Å²) in [5, 5.41) is 2.53. The van der Waals surface area contributed by atoms with Gasteiger partial charge in [0.2, 0.25) is 11.2 Å². The summed E-state index contributed by atoms with van der Waals surface area (Å²) >= 11 is 1.84. The van der Waals surface area contributed by atoms with Crippen molar-refractivity contribution in [2.75, 3.05) is 4.90 Å². The third-order valence-corrected chi connectivity index (χ3v) is 6.75. The van der Waals surface area contributed by atoms with Crippen LogP contribution in [0.15, 0.2) is 113 Å². The number of pyridine rings is 1. The average molecular weight is 422 g/mol. The molecule has 0 fully saturated rings. The van der Waals surface area contributed by atoms with Crippen LogP contribution in [0.5, 0.6) is 0 Å². The third-order valence-electron chi connectivity index (χ3n) is 5.62. The van der Waals surface area contributed by atoms with E-state index in [1.807, 2.05) is 11.8 Å². The summed E-state index contributed by atoms with van der Waals surface area (Å²) in [6.07, 6.45) is 6.64. The maximum atomic E-state index is 2.41. The lowest BCUT2D eigenvalue weighted by Gasteiger charge is -2.20. The highest BCUT2D eigenvalue weighted by Crippen LogP contribution is 2.46. The van der Waals surface area contributed by atoms with E-state index in [0.717, 1.165) is 13.1 Å². The van der Waals surface area contributed by atoms with E-state index in [1.54, 1.807) is 0 Å². The molecule has 0 atom stereocenters. The van der Waals surface area contributed by atoms with E-state index in [0.29, 0.717) is 0 Å². The van der Waals surface area contributed by atoms with Gasteiger partial charge in [0.25, 0.3) is 0 Å². The maximum Gasteiger partial charge on any atom is 0.212 e. The van der Waals surface area contributed by atoms with Crippen LogP contribution < -0.4 is 9.47 Å². The van der Waals surface area contributed by atoms with Crippen molar-refractivity contribution in [2.24, 2.45) is 0 Å². The molecule has 2 heterocycles. The molecule has 5 rings (SSSR count). The van der Waals surface area contributed by atoms with Crippen molar-refractivity contribution in [1.82, 2.24) is 0 Å². The smallest absolute Gasteiger partial charge is 0.212 e. The Morgan fingerprint density at radius 3 is 2.48 bits per heavy atom. The first-order valence-corrected chi connectivity index (χ1v) is 11.5. The van der Waals surface area contributed by atoms with Crippen LogP contribution in [0.25, 0.3) is 17.0 Å². The molecule has 0 unspecified atom stereocenters. The van der Waals surface area contributed by atoms with E-state index in [1.165, 1.54) is 37.8 Å². The van der Waals surface area contributed by atoms with Gasteiger partial charge in [0.1, 0.15) is 6.54 Å². The van der Waals surface area contributed by atoms with E-state index in [2.05, 4.69) is 126 Å². The van der Waals surface area contributed by atoms with Gasteiger partial charge in [-0.05, 0) is 42.8 Å². The Kier molecular flexibility index (Phi) is 5.59. The van der Waals surface area contributed by atoms with E-state index in [4.69, 9.17) is 0 Å². The molecule has 3 heteroatoms. The lowest BCUT2D eigenvalue weighted by molar-refractivity contribution is -0.669. The molecule has 0 bridgehead atoms. The van der Waals surface area contributed by atoms with Crippen LogP contribution in [0.2, 0.25) is 0 Å². The molecule has 4 aromatic rings. The second-order valence-electron chi connectivity index (χ2n) is 7.57. The van der Waals surface area contributed by atoms with Gasteiger partial charge in [-0.15, -0.1) is 0 Å². The number of hydrogen-bond acceptors (Lipinski definition) is 2. The van der Waals surface area contributed by atoms with Crippen molar-refractivity contribution in [3.8, 4) is 0 Å². The summed E-state index contributed by atoms with van der Waals surface area (Å²) in [7, 11) is 0. The number of fused-ring (bicyclic) bond motifs is 2. The van der Waals surface area contributed by atoms with Gasteiger partial charge in [0.15, 0.2) is 0 Å². The third kappa shape index (κ3) is 4.01. The van der Waals surface area contributed by atoms with Crippen molar-refractivity contribution in [1.29, 1.82) is 0 Å².